The van der Waals surface area contributed by atoms with Crippen molar-refractivity contribution in [1.29, 1.82) is 0 Å². The first-order valence-corrected chi connectivity index (χ1v) is 9.27. The molecule has 0 radical (unpaired) electrons. The van der Waals surface area contributed by atoms with Gasteiger partial charge in [0.1, 0.15) is 11.3 Å². The molecule has 0 bridgehead atoms. The highest BCUT2D eigenvalue weighted by Gasteiger charge is 2.28. The molecule has 0 saturated carbocycles. The first-order valence-electron chi connectivity index (χ1n) is 8.29. The van der Waals surface area contributed by atoms with Gasteiger partial charge >= 0.3 is 5.97 Å². The summed E-state index contributed by atoms with van der Waals surface area (Å²) < 4.78 is 10.4. The summed E-state index contributed by atoms with van der Waals surface area (Å²) in [5, 5.41) is 3.01. The monoisotopic (exact) mass is 391 g/mol. The van der Waals surface area contributed by atoms with Gasteiger partial charge in [0.25, 0.3) is 0 Å². The Balaban J connectivity index is 2.18. The van der Waals surface area contributed by atoms with Crippen molar-refractivity contribution >= 4 is 35.3 Å². The van der Waals surface area contributed by atoms with Gasteiger partial charge in [0.05, 0.1) is 17.9 Å². The summed E-state index contributed by atoms with van der Waals surface area (Å²) in [5.74, 6) is -1.33. The lowest BCUT2D eigenvalue weighted by molar-refractivity contribution is -0.113. The van der Waals surface area contributed by atoms with Crippen molar-refractivity contribution in [2.75, 3.05) is 17.7 Å². The number of furan rings is 1. The van der Waals surface area contributed by atoms with Gasteiger partial charge in [-0.25, -0.2) is 14.8 Å². The van der Waals surface area contributed by atoms with E-state index in [4.69, 9.17) is 9.15 Å². The molecule has 2 heterocycles. The highest BCUT2D eigenvalue weighted by Crippen LogP contribution is 2.29. The Morgan fingerprint density at radius 1 is 1.15 bits per heavy atom. The SMILES string of the molecule is CCOC(=O)c1c(NC(=O)CSc2nc(C)cc(C)n2)oc(C)c1C(C)=O. The molecule has 0 spiro atoms. The van der Waals surface area contributed by atoms with E-state index in [-0.39, 0.29) is 40.9 Å². The number of amides is 1. The molecule has 0 atom stereocenters. The van der Waals surface area contributed by atoms with Crippen LogP contribution in [0.2, 0.25) is 0 Å². The Bertz CT molecular complexity index is 871. The van der Waals surface area contributed by atoms with Crippen LogP contribution in [0.25, 0.3) is 0 Å². The highest BCUT2D eigenvalue weighted by molar-refractivity contribution is 7.99. The number of nitrogens with one attached hydrogen (secondary N) is 1. The molecule has 2 rings (SSSR count). The summed E-state index contributed by atoms with van der Waals surface area (Å²) in [6.45, 7) is 8.34. The number of hydrogen-bond donors (Lipinski definition) is 1. The number of thioether (sulfide) groups is 1. The van der Waals surface area contributed by atoms with Gasteiger partial charge < -0.3 is 9.15 Å². The minimum Gasteiger partial charge on any atom is -0.462 e. The van der Waals surface area contributed by atoms with Crippen LogP contribution in [0.4, 0.5) is 5.88 Å². The van der Waals surface area contributed by atoms with Crippen molar-refractivity contribution in [1.82, 2.24) is 9.97 Å². The molecule has 0 aliphatic heterocycles. The minimum absolute atomic E-state index is 0.0142. The van der Waals surface area contributed by atoms with Gasteiger partial charge in [0.15, 0.2) is 10.9 Å². The largest absolute Gasteiger partial charge is 0.462 e. The van der Waals surface area contributed by atoms with Gasteiger partial charge in [-0.3, -0.25) is 14.9 Å². The third kappa shape index (κ3) is 5.16. The number of carbonyl (C=O) groups excluding carboxylic acids is 3. The van der Waals surface area contributed by atoms with Crippen LogP contribution in [0.1, 0.15) is 51.7 Å². The number of nitrogens with zero attached hydrogens (tertiary/aromatic N) is 2. The van der Waals surface area contributed by atoms with Crippen LogP contribution < -0.4 is 5.32 Å². The number of rotatable bonds is 7. The van der Waals surface area contributed by atoms with Crippen LogP contribution >= 0.6 is 11.8 Å². The summed E-state index contributed by atoms with van der Waals surface area (Å²) >= 11 is 1.16. The van der Waals surface area contributed by atoms with E-state index >= 15 is 0 Å². The van der Waals surface area contributed by atoms with E-state index < -0.39 is 11.9 Å². The predicted molar refractivity (Wildman–Crippen MR) is 100 cm³/mol. The topological polar surface area (TPSA) is 111 Å². The number of Topliss-reactive ketones (excluding diaryl/α,β-unsaturated/α-hetero) is 1. The maximum absolute atomic E-state index is 12.3. The molecule has 144 valence electrons. The molecule has 2 aromatic rings. The second-order valence-electron chi connectivity index (χ2n) is 5.78. The average molecular weight is 391 g/mol. The Hall–Kier alpha value is -2.68. The maximum Gasteiger partial charge on any atom is 0.344 e. The fourth-order valence-corrected chi connectivity index (χ4v) is 3.26. The van der Waals surface area contributed by atoms with E-state index in [0.29, 0.717) is 5.16 Å². The molecule has 0 aromatic carbocycles. The van der Waals surface area contributed by atoms with E-state index in [1.165, 1.54) is 6.92 Å². The summed E-state index contributed by atoms with van der Waals surface area (Å²) in [6, 6.07) is 1.84. The number of aromatic nitrogens is 2. The Morgan fingerprint density at radius 2 is 1.78 bits per heavy atom. The van der Waals surface area contributed by atoms with E-state index in [2.05, 4.69) is 15.3 Å². The standard InChI is InChI=1S/C18H21N3O5S/c1-6-25-17(24)15-14(11(4)22)12(5)26-16(15)21-13(23)8-27-18-19-9(2)7-10(3)20-18/h7H,6,8H2,1-5H3,(H,21,23). The molecular weight excluding hydrogens is 370 g/mol. The van der Waals surface area contributed by atoms with E-state index in [0.717, 1.165) is 23.1 Å². The second-order valence-corrected chi connectivity index (χ2v) is 6.73. The quantitative estimate of drug-likeness (QED) is 0.332. The Kier molecular flexibility index (Phi) is 6.73. The fraction of sp³-hybridized carbons (Fsp3) is 0.389. The molecule has 9 heteroatoms. The molecule has 27 heavy (non-hydrogen) atoms. The van der Waals surface area contributed by atoms with Gasteiger partial charge in [0, 0.05) is 11.4 Å². The summed E-state index contributed by atoms with van der Waals surface area (Å²) in [4.78, 5) is 44.9. The molecule has 0 saturated heterocycles. The van der Waals surface area contributed by atoms with Gasteiger partial charge in [-0.2, -0.15) is 0 Å². The van der Waals surface area contributed by atoms with Crippen molar-refractivity contribution in [3.8, 4) is 0 Å². The van der Waals surface area contributed by atoms with E-state index in [1.807, 2.05) is 19.9 Å². The van der Waals surface area contributed by atoms with E-state index in [1.54, 1.807) is 13.8 Å². The minimum atomic E-state index is -0.722. The van der Waals surface area contributed by atoms with Crippen molar-refractivity contribution in [2.45, 2.75) is 39.8 Å². The molecule has 0 unspecified atom stereocenters. The van der Waals surface area contributed by atoms with Crippen LogP contribution in [-0.4, -0.2) is 40.0 Å². The van der Waals surface area contributed by atoms with Crippen LogP contribution in [0.5, 0.6) is 0 Å². The van der Waals surface area contributed by atoms with Gasteiger partial charge in [-0.15, -0.1) is 0 Å². The third-order valence-corrected chi connectivity index (χ3v) is 4.31. The lowest BCUT2D eigenvalue weighted by atomic mass is 10.1. The smallest absolute Gasteiger partial charge is 0.344 e. The average Bonchev–Trinajstić information content (AvgIpc) is 2.88. The number of aryl methyl sites for hydroxylation is 3. The fourth-order valence-electron chi connectivity index (χ4n) is 2.51. The number of ether oxygens (including phenoxy) is 1. The number of hydrogen-bond acceptors (Lipinski definition) is 8. The molecular formula is C18H21N3O5S. The first kappa shape index (κ1) is 20.6. The van der Waals surface area contributed by atoms with Crippen molar-refractivity contribution in [3.05, 3.63) is 34.3 Å². The zero-order valence-corrected chi connectivity index (χ0v) is 16.7. The number of esters is 1. The lowest BCUT2D eigenvalue weighted by Crippen LogP contribution is -2.18. The molecule has 0 aliphatic rings. The van der Waals surface area contributed by atoms with Gasteiger partial charge in [0.2, 0.25) is 11.8 Å². The summed E-state index contributed by atoms with van der Waals surface area (Å²) in [5.41, 5.74) is 1.66. The number of anilines is 1. The summed E-state index contributed by atoms with van der Waals surface area (Å²) in [6.07, 6.45) is 0. The van der Waals surface area contributed by atoms with Gasteiger partial charge in [-0.05, 0) is 40.7 Å². The Morgan fingerprint density at radius 3 is 2.33 bits per heavy atom. The normalized spacial score (nSPS) is 10.6. The molecule has 2 aromatic heterocycles. The number of ketones is 1. The zero-order valence-electron chi connectivity index (χ0n) is 15.8. The molecule has 1 N–H and O–H groups in total. The first-order chi connectivity index (χ1) is 12.7. The van der Waals surface area contributed by atoms with Crippen molar-refractivity contribution in [3.63, 3.8) is 0 Å². The highest BCUT2D eigenvalue weighted by atomic mass is 32.2. The Labute approximate surface area is 161 Å². The summed E-state index contributed by atoms with van der Waals surface area (Å²) in [7, 11) is 0. The zero-order chi connectivity index (χ0) is 20.1. The predicted octanol–water partition coefficient (Wildman–Crippen LogP) is 3.10. The van der Waals surface area contributed by atoms with Crippen LogP contribution in [0.3, 0.4) is 0 Å². The molecule has 1 amide bonds. The van der Waals surface area contributed by atoms with Crippen LogP contribution in [-0.2, 0) is 9.53 Å². The van der Waals surface area contributed by atoms with Crippen molar-refractivity contribution < 1.29 is 23.5 Å². The molecule has 8 nitrogen and oxygen atoms in total. The van der Waals surface area contributed by atoms with E-state index in [9.17, 15) is 14.4 Å². The second kappa shape index (κ2) is 8.81. The molecule has 0 aliphatic carbocycles. The van der Waals surface area contributed by atoms with Crippen LogP contribution in [0.15, 0.2) is 15.6 Å². The third-order valence-electron chi connectivity index (χ3n) is 3.46. The van der Waals surface area contributed by atoms with Crippen molar-refractivity contribution in [2.24, 2.45) is 0 Å². The van der Waals surface area contributed by atoms with Gasteiger partial charge in [-0.1, -0.05) is 11.8 Å². The van der Waals surface area contributed by atoms with Crippen LogP contribution in [0, 0.1) is 20.8 Å². The lowest BCUT2D eigenvalue weighted by Gasteiger charge is -2.06. The number of carbonyl (C=O) groups is 3. The molecule has 0 fully saturated rings. The maximum atomic E-state index is 12.3.